The first-order chi connectivity index (χ1) is 9.90. The number of carbonyl (C=O) groups excluding carboxylic acids is 1. The quantitative estimate of drug-likeness (QED) is 0.777. The van der Waals surface area contributed by atoms with Gasteiger partial charge in [0.05, 0.1) is 16.3 Å². The first-order valence-electron chi connectivity index (χ1n) is 6.06. The van der Waals surface area contributed by atoms with Crippen molar-refractivity contribution in [3.05, 3.63) is 62.6 Å². The summed E-state index contributed by atoms with van der Waals surface area (Å²) in [4.78, 5) is 12.6. The number of thiocarbonyl (C=S) groups is 1. The highest BCUT2D eigenvalue weighted by Gasteiger charge is 2.15. The van der Waals surface area contributed by atoms with Gasteiger partial charge in [0, 0.05) is 10.0 Å². The number of nitrogens with one attached hydrogen (secondary N) is 1. The molecule has 2 aromatic rings. The Balaban J connectivity index is 2.39. The molecule has 2 aromatic carbocycles. The fourth-order valence-corrected chi connectivity index (χ4v) is 2.80. The molecule has 0 unspecified atom stereocenters. The molecule has 0 saturated heterocycles. The summed E-state index contributed by atoms with van der Waals surface area (Å²) in [6.45, 7) is 1.89. The third kappa shape index (κ3) is 3.61. The second-order valence-electron chi connectivity index (χ2n) is 4.44. The topological polar surface area (TPSA) is 55.1 Å². The molecule has 2 rings (SSSR count). The molecule has 1 amide bonds. The number of anilines is 1. The standard InChI is InChI=1S/C15H12BrClN2OS/c1-8-3-2-4-12(13(8)14(18)21)19-15(20)10-7-9(16)5-6-11(10)17/h2-7H,1H3,(H2,18,21)(H,19,20). The van der Waals surface area contributed by atoms with Crippen LogP contribution in [0.5, 0.6) is 0 Å². The molecule has 21 heavy (non-hydrogen) atoms. The third-order valence-corrected chi connectivity index (χ3v) is 3.97. The number of carbonyl (C=O) groups is 1. The van der Waals surface area contributed by atoms with Gasteiger partial charge in [-0.25, -0.2) is 0 Å². The Morgan fingerprint density at radius 3 is 2.71 bits per heavy atom. The number of amides is 1. The molecule has 0 aliphatic heterocycles. The largest absolute Gasteiger partial charge is 0.389 e. The molecule has 108 valence electrons. The number of nitrogens with two attached hydrogens (primary N) is 1. The summed E-state index contributed by atoms with van der Waals surface area (Å²) < 4.78 is 0.774. The maximum Gasteiger partial charge on any atom is 0.257 e. The minimum absolute atomic E-state index is 0.240. The van der Waals surface area contributed by atoms with Gasteiger partial charge in [0.1, 0.15) is 4.99 Å². The van der Waals surface area contributed by atoms with Crippen LogP contribution in [0.4, 0.5) is 5.69 Å². The first kappa shape index (κ1) is 15.9. The van der Waals surface area contributed by atoms with E-state index in [4.69, 9.17) is 29.6 Å². The van der Waals surface area contributed by atoms with Crippen LogP contribution in [0.15, 0.2) is 40.9 Å². The van der Waals surface area contributed by atoms with Gasteiger partial charge in [-0.05, 0) is 36.8 Å². The fraction of sp³-hybridized carbons (Fsp3) is 0.0667. The Labute approximate surface area is 141 Å². The van der Waals surface area contributed by atoms with Crippen molar-refractivity contribution in [3.8, 4) is 0 Å². The molecule has 0 aromatic heterocycles. The lowest BCUT2D eigenvalue weighted by molar-refractivity contribution is 0.102. The Hall–Kier alpha value is -1.43. The zero-order chi connectivity index (χ0) is 15.6. The van der Waals surface area contributed by atoms with E-state index in [1.807, 2.05) is 19.1 Å². The van der Waals surface area contributed by atoms with Crippen LogP contribution in [0.1, 0.15) is 21.5 Å². The Morgan fingerprint density at radius 1 is 1.33 bits per heavy atom. The summed E-state index contributed by atoms with van der Waals surface area (Å²) in [7, 11) is 0. The van der Waals surface area contributed by atoms with Crippen LogP contribution in [-0.4, -0.2) is 10.9 Å². The van der Waals surface area contributed by atoms with E-state index in [-0.39, 0.29) is 10.9 Å². The molecular formula is C15H12BrClN2OS. The highest BCUT2D eigenvalue weighted by atomic mass is 79.9. The normalized spacial score (nSPS) is 10.2. The molecule has 0 aliphatic rings. The van der Waals surface area contributed by atoms with E-state index in [0.29, 0.717) is 21.8 Å². The second-order valence-corrected chi connectivity index (χ2v) is 6.20. The number of hydrogen-bond acceptors (Lipinski definition) is 2. The highest BCUT2D eigenvalue weighted by molar-refractivity contribution is 9.10. The molecule has 0 spiro atoms. The maximum absolute atomic E-state index is 12.4. The van der Waals surface area contributed by atoms with Gasteiger partial charge in [0.15, 0.2) is 0 Å². The molecular weight excluding hydrogens is 372 g/mol. The van der Waals surface area contributed by atoms with Crippen LogP contribution in [0, 0.1) is 6.92 Å². The lowest BCUT2D eigenvalue weighted by Crippen LogP contribution is -2.19. The van der Waals surface area contributed by atoms with Gasteiger partial charge in [-0.15, -0.1) is 0 Å². The van der Waals surface area contributed by atoms with Crippen LogP contribution in [-0.2, 0) is 0 Å². The Bertz CT molecular complexity index is 734. The molecule has 0 aliphatic carbocycles. The van der Waals surface area contributed by atoms with Gasteiger partial charge in [-0.2, -0.15) is 0 Å². The Morgan fingerprint density at radius 2 is 2.05 bits per heavy atom. The summed E-state index contributed by atoms with van der Waals surface area (Å²) in [6, 6.07) is 10.6. The number of hydrogen-bond donors (Lipinski definition) is 2. The van der Waals surface area contributed by atoms with Crippen molar-refractivity contribution in [3.63, 3.8) is 0 Å². The van der Waals surface area contributed by atoms with Crippen LogP contribution in [0.2, 0.25) is 5.02 Å². The van der Waals surface area contributed by atoms with Crippen LogP contribution < -0.4 is 11.1 Å². The van der Waals surface area contributed by atoms with Gasteiger partial charge in [-0.1, -0.05) is 51.9 Å². The highest BCUT2D eigenvalue weighted by Crippen LogP contribution is 2.24. The van der Waals surface area contributed by atoms with Crippen molar-refractivity contribution < 1.29 is 4.79 Å². The summed E-state index contributed by atoms with van der Waals surface area (Å²) in [5.74, 6) is -0.315. The lowest BCUT2D eigenvalue weighted by Gasteiger charge is -2.13. The van der Waals surface area contributed by atoms with Crippen LogP contribution >= 0.6 is 39.7 Å². The maximum atomic E-state index is 12.4. The molecule has 0 radical (unpaired) electrons. The molecule has 0 bridgehead atoms. The molecule has 0 heterocycles. The number of halogens is 2. The van der Waals surface area contributed by atoms with Gasteiger partial charge >= 0.3 is 0 Å². The minimum Gasteiger partial charge on any atom is -0.389 e. The van der Waals surface area contributed by atoms with Crippen molar-refractivity contribution in [1.82, 2.24) is 0 Å². The summed E-state index contributed by atoms with van der Waals surface area (Å²) >= 11 is 14.4. The van der Waals surface area contributed by atoms with Gasteiger partial charge in [0.25, 0.3) is 5.91 Å². The van der Waals surface area contributed by atoms with E-state index in [2.05, 4.69) is 21.2 Å². The van der Waals surface area contributed by atoms with Crippen molar-refractivity contribution >= 4 is 56.3 Å². The van der Waals surface area contributed by atoms with Crippen LogP contribution in [0.25, 0.3) is 0 Å². The van der Waals surface area contributed by atoms with Gasteiger partial charge in [-0.3, -0.25) is 4.79 Å². The number of rotatable bonds is 3. The van der Waals surface area contributed by atoms with E-state index in [1.165, 1.54) is 0 Å². The molecule has 0 atom stereocenters. The zero-order valence-electron chi connectivity index (χ0n) is 11.1. The SMILES string of the molecule is Cc1cccc(NC(=O)c2cc(Br)ccc2Cl)c1C(N)=S. The Kier molecular flexibility index (Phi) is 4.98. The summed E-state index contributed by atoms with van der Waals surface area (Å²) in [5, 5.41) is 3.18. The monoisotopic (exact) mass is 382 g/mol. The smallest absolute Gasteiger partial charge is 0.257 e. The third-order valence-electron chi connectivity index (χ3n) is 2.94. The minimum atomic E-state index is -0.315. The predicted molar refractivity (Wildman–Crippen MR) is 94.2 cm³/mol. The van der Waals surface area contributed by atoms with Crippen LogP contribution in [0.3, 0.4) is 0 Å². The molecule has 6 heteroatoms. The molecule has 3 N–H and O–H groups in total. The van der Waals surface area contributed by atoms with E-state index in [0.717, 1.165) is 10.0 Å². The molecule has 0 fully saturated rings. The van der Waals surface area contributed by atoms with Crippen molar-refractivity contribution in [2.24, 2.45) is 5.73 Å². The van der Waals surface area contributed by atoms with Gasteiger partial charge < -0.3 is 11.1 Å². The number of benzene rings is 2. The van der Waals surface area contributed by atoms with E-state index in [1.54, 1.807) is 24.3 Å². The first-order valence-corrected chi connectivity index (χ1v) is 7.64. The van der Waals surface area contributed by atoms with E-state index >= 15 is 0 Å². The summed E-state index contributed by atoms with van der Waals surface area (Å²) in [5.41, 5.74) is 8.24. The average molecular weight is 384 g/mol. The van der Waals surface area contributed by atoms with E-state index < -0.39 is 0 Å². The second kappa shape index (κ2) is 6.56. The van der Waals surface area contributed by atoms with Crippen molar-refractivity contribution in [1.29, 1.82) is 0 Å². The lowest BCUT2D eigenvalue weighted by atomic mass is 10.1. The molecule has 3 nitrogen and oxygen atoms in total. The fourth-order valence-electron chi connectivity index (χ4n) is 1.96. The van der Waals surface area contributed by atoms with Gasteiger partial charge in [0.2, 0.25) is 0 Å². The zero-order valence-corrected chi connectivity index (χ0v) is 14.3. The predicted octanol–water partition coefficient (Wildman–Crippen LogP) is 4.30. The van der Waals surface area contributed by atoms with Crippen molar-refractivity contribution in [2.75, 3.05) is 5.32 Å². The summed E-state index contributed by atoms with van der Waals surface area (Å²) in [6.07, 6.45) is 0. The van der Waals surface area contributed by atoms with E-state index in [9.17, 15) is 4.79 Å². The molecule has 0 saturated carbocycles. The average Bonchev–Trinajstić information content (AvgIpc) is 2.41. The number of aryl methyl sites for hydroxylation is 1. The van der Waals surface area contributed by atoms with Crippen molar-refractivity contribution in [2.45, 2.75) is 6.92 Å².